The molecule has 1 saturated carbocycles. The van der Waals surface area contributed by atoms with Crippen molar-refractivity contribution in [1.82, 2.24) is 25.5 Å². The number of aromatic nitrogens is 4. The van der Waals surface area contributed by atoms with Crippen molar-refractivity contribution in [3.8, 4) is 10.7 Å². The number of anilines is 2. The highest BCUT2D eigenvalue weighted by molar-refractivity contribution is 7.19. The van der Waals surface area contributed by atoms with E-state index in [0.717, 1.165) is 50.2 Å². The quantitative estimate of drug-likeness (QED) is 0.506. The molecular weight excluding hydrogens is 429 g/mol. The molecule has 1 aliphatic heterocycles. The van der Waals surface area contributed by atoms with Crippen molar-refractivity contribution >= 4 is 28.6 Å². The molecule has 3 aromatic rings. The van der Waals surface area contributed by atoms with Gasteiger partial charge in [-0.05, 0) is 50.1 Å². The van der Waals surface area contributed by atoms with Crippen LogP contribution in [0.15, 0.2) is 36.7 Å². The zero-order valence-electron chi connectivity index (χ0n) is 17.5. The Labute approximate surface area is 189 Å². The van der Waals surface area contributed by atoms with Gasteiger partial charge in [0.2, 0.25) is 6.41 Å². The van der Waals surface area contributed by atoms with E-state index < -0.39 is 0 Å². The number of thiazole rings is 1. The summed E-state index contributed by atoms with van der Waals surface area (Å²) >= 11 is 1.42. The Hall–Kier alpha value is -2.98. The van der Waals surface area contributed by atoms with E-state index in [1.807, 2.05) is 12.1 Å². The second kappa shape index (κ2) is 8.87. The molecule has 1 saturated heterocycles. The SMILES string of the molecule is O=CN(c1cnc(-c2ccc(NCC3(c4ncccc4F)CCC3)nn2)s1)C1CCNC1. The van der Waals surface area contributed by atoms with Crippen molar-refractivity contribution in [2.45, 2.75) is 37.1 Å². The first kappa shape index (κ1) is 20.9. The van der Waals surface area contributed by atoms with Crippen LogP contribution >= 0.6 is 11.3 Å². The van der Waals surface area contributed by atoms with E-state index in [1.165, 1.54) is 17.4 Å². The van der Waals surface area contributed by atoms with Crippen LogP contribution in [0.3, 0.4) is 0 Å². The van der Waals surface area contributed by atoms with Gasteiger partial charge in [0.25, 0.3) is 0 Å². The largest absolute Gasteiger partial charge is 0.368 e. The molecule has 1 atom stereocenters. The average molecular weight is 454 g/mol. The molecule has 0 aromatic carbocycles. The van der Waals surface area contributed by atoms with Crippen LogP contribution in [0, 0.1) is 5.82 Å². The lowest BCUT2D eigenvalue weighted by Gasteiger charge is -2.41. The summed E-state index contributed by atoms with van der Waals surface area (Å²) in [6, 6.07) is 6.94. The molecular formula is C22H24FN7OS. The predicted molar refractivity (Wildman–Crippen MR) is 121 cm³/mol. The molecule has 0 spiro atoms. The highest BCUT2D eigenvalue weighted by atomic mass is 32.1. The first-order valence-corrected chi connectivity index (χ1v) is 11.6. The van der Waals surface area contributed by atoms with Crippen LogP contribution in [-0.2, 0) is 10.2 Å². The minimum Gasteiger partial charge on any atom is -0.368 e. The number of hydrogen-bond acceptors (Lipinski definition) is 8. The van der Waals surface area contributed by atoms with Crippen LogP contribution < -0.4 is 15.5 Å². The number of hydrogen-bond donors (Lipinski definition) is 2. The molecule has 3 aromatic heterocycles. The fourth-order valence-electron chi connectivity index (χ4n) is 4.38. The molecule has 1 amide bonds. The summed E-state index contributed by atoms with van der Waals surface area (Å²) < 4.78 is 14.3. The highest BCUT2D eigenvalue weighted by Crippen LogP contribution is 2.43. The second-order valence-electron chi connectivity index (χ2n) is 8.29. The molecule has 5 rings (SSSR count). The van der Waals surface area contributed by atoms with Crippen LogP contribution in [0.1, 0.15) is 31.4 Å². The summed E-state index contributed by atoms with van der Waals surface area (Å²) in [7, 11) is 0. The van der Waals surface area contributed by atoms with E-state index >= 15 is 0 Å². The van der Waals surface area contributed by atoms with E-state index in [9.17, 15) is 9.18 Å². The minimum atomic E-state index is -0.302. The monoisotopic (exact) mass is 453 g/mol. The van der Waals surface area contributed by atoms with Gasteiger partial charge in [-0.3, -0.25) is 9.78 Å². The summed E-state index contributed by atoms with van der Waals surface area (Å²) in [6.45, 7) is 2.25. The van der Waals surface area contributed by atoms with Crippen LogP contribution in [0.4, 0.5) is 15.2 Å². The van der Waals surface area contributed by atoms with Gasteiger partial charge >= 0.3 is 0 Å². The Bertz CT molecular complexity index is 1080. The molecule has 8 nitrogen and oxygen atoms in total. The average Bonchev–Trinajstić information content (AvgIpc) is 3.48. The third-order valence-electron chi connectivity index (χ3n) is 6.35. The smallest absolute Gasteiger partial charge is 0.215 e. The molecule has 4 heterocycles. The van der Waals surface area contributed by atoms with Gasteiger partial charge in [0.05, 0.1) is 17.9 Å². The fourth-order valence-corrected chi connectivity index (χ4v) is 5.30. The van der Waals surface area contributed by atoms with Crippen molar-refractivity contribution in [3.63, 3.8) is 0 Å². The highest BCUT2D eigenvalue weighted by Gasteiger charge is 2.41. The molecule has 2 N–H and O–H groups in total. The maximum Gasteiger partial charge on any atom is 0.215 e. The predicted octanol–water partition coefficient (Wildman–Crippen LogP) is 2.99. The lowest BCUT2D eigenvalue weighted by molar-refractivity contribution is -0.107. The van der Waals surface area contributed by atoms with Crippen LogP contribution in [0.5, 0.6) is 0 Å². The number of carbonyl (C=O) groups excluding carboxylic acids is 1. The number of nitrogens with zero attached hydrogens (tertiary/aromatic N) is 5. The second-order valence-corrected chi connectivity index (χ2v) is 9.30. The molecule has 166 valence electrons. The third kappa shape index (κ3) is 3.95. The van der Waals surface area contributed by atoms with Crippen molar-refractivity contribution in [2.24, 2.45) is 0 Å². The van der Waals surface area contributed by atoms with Crippen LogP contribution in [0.25, 0.3) is 10.7 Å². The minimum absolute atomic E-state index is 0.154. The standard InChI is InChI=1S/C22H24FN7OS/c23-16-3-1-9-25-20(16)22(7-2-8-22)13-27-18-5-4-17(28-29-18)21-26-12-19(32-21)30(14-31)15-6-10-24-11-15/h1,3-5,9,12,14-15,24H,2,6-8,10-11,13H2,(H,27,29). The molecule has 10 heteroatoms. The Morgan fingerprint density at radius 1 is 1.28 bits per heavy atom. The van der Waals surface area contributed by atoms with E-state index in [1.54, 1.807) is 23.4 Å². The molecule has 0 radical (unpaired) electrons. The lowest BCUT2D eigenvalue weighted by atomic mass is 9.66. The number of halogens is 1. The van der Waals surface area contributed by atoms with Gasteiger partial charge in [-0.1, -0.05) is 17.8 Å². The number of rotatable bonds is 8. The number of carbonyl (C=O) groups is 1. The van der Waals surface area contributed by atoms with Crippen molar-refractivity contribution in [3.05, 3.63) is 48.2 Å². The van der Waals surface area contributed by atoms with E-state index in [2.05, 4.69) is 30.8 Å². The summed E-state index contributed by atoms with van der Waals surface area (Å²) in [6.07, 6.45) is 8.00. The Morgan fingerprint density at radius 2 is 2.19 bits per heavy atom. The van der Waals surface area contributed by atoms with E-state index in [-0.39, 0.29) is 17.3 Å². The number of amides is 1. The Morgan fingerprint density at radius 3 is 2.84 bits per heavy atom. The van der Waals surface area contributed by atoms with Crippen molar-refractivity contribution < 1.29 is 9.18 Å². The Kier molecular flexibility index (Phi) is 5.79. The zero-order chi connectivity index (χ0) is 22.0. The van der Waals surface area contributed by atoms with E-state index in [4.69, 9.17) is 0 Å². The van der Waals surface area contributed by atoms with Gasteiger partial charge in [-0.25, -0.2) is 9.37 Å². The normalized spacial score (nSPS) is 19.3. The first-order chi connectivity index (χ1) is 15.7. The summed E-state index contributed by atoms with van der Waals surface area (Å²) in [5, 5.41) is 16.7. The molecule has 32 heavy (non-hydrogen) atoms. The molecule has 2 fully saturated rings. The molecule has 1 aliphatic carbocycles. The lowest BCUT2D eigenvalue weighted by Crippen LogP contribution is -2.42. The number of nitrogens with one attached hydrogen (secondary N) is 2. The van der Waals surface area contributed by atoms with Gasteiger partial charge in [0.1, 0.15) is 27.3 Å². The molecule has 0 bridgehead atoms. The van der Waals surface area contributed by atoms with Crippen molar-refractivity contribution in [1.29, 1.82) is 0 Å². The van der Waals surface area contributed by atoms with Gasteiger partial charge in [0, 0.05) is 24.7 Å². The topological polar surface area (TPSA) is 95.9 Å². The fraction of sp³-hybridized carbons (Fsp3) is 0.409. The van der Waals surface area contributed by atoms with Crippen molar-refractivity contribution in [2.75, 3.05) is 29.9 Å². The maximum absolute atomic E-state index is 14.3. The Balaban J connectivity index is 1.26. The van der Waals surface area contributed by atoms with Gasteiger partial charge in [-0.15, -0.1) is 10.2 Å². The van der Waals surface area contributed by atoms with Crippen LogP contribution in [-0.4, -0.2) is 52.3 Å². The summed E-state index contributed by atoms with van der Waals surface area (Å²) in [5.74, 6) is 0.368. The number of pyridine rings is 1. The molecule has 2 aliphatic rings. The van der Waals surface area contributed by atoms with Crippen LogP contribution in [0.2, 0.25) is 0 Å². The first-order valence-electron chi connectivity index (χ1n) is 10.8. The van der Waals surface area contributed by atoms with Gasteiger partial charge in [0.15, 0.2) is 0 Å². The molecule has 1 unspecified atom stereocenters. The summed E-state index contributed by atoms with van der Waals surface area (Å²) in [5.41, 5.74) is 0.871. The van der Waals surface area contributed by atoms with E-state index in [0.29, 0.717) is 28.8 Å². The zero-order valence-corrected chi connectivity index (χ0v) is 18.3. The van der Waals surface area contributed by atoms with Gasteiger partial charge in [-0.2, -0.15) is 0 Å². The summed E-state index contributed by atoms with van der Waals surface area (Å²) in [4.78, 5) is 22.1. The maximum atomic E-state index is 14.3. The van der Waals surface area contributed by atoms with Gasteiger partial charge < -0.3 is 15.5 Å². The third-order valence-corrected chi connectivity index (χ3v) is 7.39.